The Morgan fingerprint density at radius 1 is 1.39 bits per heavy atom. The van der Waals surface area contributed by atoms with Crippen molar-refractivity contribution in [3.63, 3.8) is 0 Å². The molecule has 0 unspecified atom stereocenters. The SMILES string of the molecule is CCCC1CCN(Cc2cc(C)c(CN)o2)CC1. The average molecular weight is 250 g/mol. The van der Waals surface area contributed by atoms with Crippen molar-refractivity contribution in [1.29, 1.82) is 0 Å². The molecule has 18 heavy (non-hydrogen) atoms. The fourth-order valence-electron chi connectivity index (χ4n) is 2.93. The molecule has 0 spiro atoms. The van der Waals surface area contributed by atoms with Crippen LogP contribution in [0.2, 0.25) is 0 Å². The van der Waals surface area contributed by atoms with E-state index in [1.807, 2.05) is 0 Å². The van der Waals surface area contributed by atoms with Gasteiger partial charge >= 0.3 is 0 Å². The highest BCUT2D eigenvalue weighted by molar-refractivity contribution is 5.19. The van der Waals surface area contributed by atoms with Crippen LogP contribution in [-0.2, 0) is 13.1 Å². The van der Waals surface area contributed by atoms with Crippen molar-refractivity contribution in [2.75, 3.05) is 13.1 Å². The number of piperidine rings is 1. The maximum atomic E-state index is 5.77. The van der Waals surface area contributed by atoms with Crippen LogP contribution in [0.3, 0.4) is 0 Å². The molecule has 0 radical (unpaired) electrons. The number of hydrogen-bond donors (Lipinski definition) is 1. The summed E-state index contributed by atoms with van der Waals surface area (Å²) in [5, 5.41) is 0. The third kappa shape index (κ3) is 3.36. The van der Waals surface area contributed by atoms with Crippen molar-refractivity contribution in [2.24, 2.45) is 11.7 Å². The molecular formula is C15H26N2O. The molecule has 1 fully saturated rings. The fourth-order valence-corrected chi connectivity index (χ4v) is 2.93. The molecule has 2 heterocycles. The van der Waals surface area contributed by atoms with Crippen LogP contribution in [0.25, 0.3) is 0 Å². The number of furan rings is 1. The van der Waals surface area contributed by atoms with Crippen molar-refractivity contribution in [1.82, 2.24) is 4.90 Å². The van der Waals surface area contributed by atoms with E-state index < -0.39 is 0 Å². The van der Waals surface area contributed by atoms with E-state index in [1.54, 1.807) is 0 Å². The van der Waals surface area contributed by atoms with E-state index in [0.717, 1.165) is 24.0 Å². The van der Waals surface area contributed by atoms with Gasteiger partial charge in [-0.2, -0.15) is 0 Å². The smallest absolute Gasteiger partial charge is 0.120 e. The predicted octanol–water partition coefficient (Wildman–Crippen LogP) is 3.06. The Kier molecular flexibility index (Phi) is 4.84. The van der Waals surface area contributed by atoms with E-state index >= 15 is 0 Å². The molecule has 1 aliphatic heterocycles. The first-order valence-corrected chi connectivity index (χ1v) is 7.23. The molecule has 1 aromatic heterocycles. The first-order chi connectivity index (χ1) is 8.72. The molecule has 0 atom stereocenters. The number of nitrogens with two attached hydrogens (primary N) is 1. The first kappa shape index (κ1) is 13.6. The lowest BCUT2D eigenvalue weighted by Gasteiger charge is -2.31. The molecule has 0 saturated carbocycles. The van der Waals surface area contributed by atoms with Crippen LogP contribution in [0.15, 0.2) is 10.5 Å². The molecular weight excluding hydrogens is 224 g/mol. The molecule has 2 N–H and O–H groups in total. The maximum Gasteiger partial charge on any atom is 0.120 e. The summed E-state index contributed by atoms with van der Waals surface area (Å²) in [6.07, 6.45) is 5.40. The van der Waals surface area contributed by atoms with Crippen molar-refractivity contribution in [3.05, 3.63) is 23.2 Å². The molecule has 102 valence electrons. The van der Waals surface area contributed by atoms with Crippen LogP contribution in [-0.4, -0.2) is 18.0 Å². The summed E-state index contributed by atoms with van der Waals surface area (Å²) in [6, 6.07) is 2.14. The highest BCUT2D eigenvalue weighted by Crippen LogP contribution is 2.24. The van der Waals surface area contributed by atoms with Gasteiger partial charge in [0.15, 0.2) is 0 Å². The van der Waals surface area contributed by atoms with Crippen LogP contribution in [0.4, 0.5) is 0 Å². The van der Waals surface area contributed by atoms with Crippen molar-refractivity contribution < 1.29 is 4.42 Å². The summed E-state index contributed by atoms with van der Waals surface area (Å²) in [5.41, 5.74) is 6.83. The number of nitrogens with zero attached hydrogens (tertiary/aromatic N) is 1. The normalized spacial score (nSPS) is 18.4. The van der Waals surface area contributed by atoms with Gasteiger partial charge in [0, 0.05) is 0 Å². The van der Waals surface area contributed by atoms with Crippen LogP contribution in [0, 0.1) is 12.8 Å². The largest absolute Gasteiger partial charge is 0.463 e. The Morgan fingerprint density at radius 2 is 2.11 bits per heavy atom. The van der Waals surface area contributed by atoms with E-state index in [2.05, 4.69) is 24.8 Å². The molecule has 3 heteroatoms. The van der Waals surface area contributed by atoms with Crippen molar-refractivity contribution >= 4 is 0 Å². The quantitative estimate of drug-likeness (QED) is 0.873. The Morgan fingerprint density at radius 3 is 2.67 bits per heavy atom. The van der Waals surface area contributed by atoms with Gasteiger partial charge < -0.3 is 10.2 Å². The minimum absolute atomic E-state index is 0.504. The van der Waals surface area contributed by atoms with Gasteiger partial charge in [-0.1, -0.05) is 19.8 Å². The summed E-state index contributed by atoms with van der Waals surface area (Å²) in [6.45, 7) is 8.23. The second-order valence-corrected chi connectivity index (χ2v) is 5.53. The molecule has 2 rings (SSSR count). The standard InChI is InChI=1S/C15H26N2O/c1-3-4-13-5-7-17(8-6-13)11-14-9-12(2)15(10-16)18-14/h9,13H,3-8,10-11,16H2,1-2H3. The summed E-state index contributed by atoms with van der Waals surface area (Å²) in [7, 11) is 0. The molecule has 0 aliphatic carbocycles. The maximum absolute atomic E-state index is 5.77. The highest BCUT2D eigenvalue weighted by Gasteiger charge is 2.19. The van der Waals surface area contributed by atoms with Crippen LogP contribution in [0.1, 0.15) is 49.7 Å². The third-order valence-electron chi connectivity index (χ3n) is 4.04. The second-order valence-electron chi connectivity index (χ2n) is 5.53. The van der Waals surface area contributed by atoms with Crippen molar-refractivity contribution in [3.8, 4) is 0 Å². The number of aryl methyl sites for hydroxylation is 1. The predicted molar refractivity (Wildman–Crippen MR) is 74.2 cm³/mol. The minimum Gasteiger partial charge on any atom is -0.463 e. The summed E-state index contributed by atoms with van der Waals surface area (Å²) < 4.78 is 5.77. The van der Waals surface area contributed by atoms with Gasteiger partial charge in [-0.25, -0.2) is 0 Å². The lowest BCUT2D eigenvalue weighted by atomic mass is 9.92. The number of hydrogen-bond acceptors (Lipinski definition) is 3. The molecule has 1 aromatic rings. The Hall–Kier alpha value is -0.800. The van der Waals surface area contributed by atoms with Gasteiger partial charge in [0.05, 0.1) is 13.1 Å². The molecule has 3 nitrogen and oxygen atoms in total. The molecule has 1 aliphatic rings. The summed E-state index contributed by atoms with van der Waals surface area (Å²) in [4.78, 5) is 2.50. The lowest BCUT2D eigenvalue weighted by Crippen LogP contribution is -2.33. The van der Waals surface area contributed by atoms with Crippen LogP contribution < -0.4 is 5.73 Å². The Balaban J connectivity index is 1.83. The second kappa shape index (κ2) is 6.39. The van der Waals surface area contributed by atoms with E-state index in [1.165, 1.54) is 44.3 Å². The van der Waals surface area contributed by atoms with Crippen LogP contribution >= 0.6 is 0 Å². The van der Waals surface area contributed by atoms with E-state index in [9.17, 15) is 0 Å². The Bertz CT molecular complexity index is 365. The summed E-state index contributed by atoms with van der Waals surface area (Å²) >= 11 is 0. The molecule has 0 amide bonds. The topological polar surface area (TPSA) is 42.4 Å². The molecule has 1 saturated heterocycles. The zero-order valence-electron chi connectivity index (χ0n) is 11.7. The first-order valence-electron chi connectivity index (χ1n) is 7.23. The van der Waals surface area contributed by atoms with Crippen LogP contribution in [0.5, 0.6) is 0 Å². The van der Waals surface area contributed by atoms with E-state index in [0.29, 0.717) is 6.54 Å². The van der Waals surface area contributed by atoms with Gasteiger partial charge in [-0.3, -0.25) is 4.90 Å². The van der Waals surface area contributed by atoms with Gasteiger partial charge in [0.2, 0.25) is 0 Å². The molecule has 0 bridgehead atoms. The fraction of sp³-hybridized carbons (Fsp3) is 0.733. The zero-order chi connectivity index (χ0) is 13.0. The van der Waals surface area contributed by atoms with Gasteiger partial charge in [0.25, 0.3) is 0 Å². The van der Waals surface area contributed by atoms with Gasteiger partial charge in [0.1, 0.15) is 11.5 Å². The van der Waals surface area contributed by atoms with Crippen molar-refractivity contribution in [2.45, 2.75) is 52.6 Å². The number of rotatable bonds is 5. The summed E-state index contributed by atoms with van der Waals surface area (Å²) in [5.74, 6) is 2.96. The highest BCUT2D eigenvalue weighted by atomic mass is 16.3. The van der Waals surface area contributed by atoms with Gasteiger partial charge in [-0.15, -0.1) is 0 Å². The molecule has 0 aromatic carbocycles. The Labute approximate surface area is 110 Å². The number of likely N-dealkylation sites (tertiary alicyclic amines) is 1. The van der Waals surface area contributed by atoms with Gasteiger partial charge in [-0.05, 0) is 50.4 Å². The lowest BCUT2D eigenvalue weighted by molar-refractivity contribution is 0.161. The third-order valence-corrected chi connectivity index (χ3v) is 4.04. The minimum atomic E-state index is 0.504. The van der Waals surface area contributed by atoms with E-state index in [-0.39, 0.29) is 0 Å². The zero-order valence-corrected chi connectivity index (χ0v) is 11.7. The average Bonchev–Trinajstić information content (AvgIpc) is 2.72. The van der Waals surface area contributed by atoms with E-state index in [4.69, 9.17) is 10.2 Å². The monoisotopic (exact) mass is 250 g/mol.